The van der Waals surface area contributed by atoms with Crippen molar-refractivity contribution in [2.24, 2.45) is 5.92 Å². The SMILES string of the molecule is CCc1cc(C(=O)O)cc(N2CCC(CCO)C2)n1. The first-order valence-corrected chi connectivity index (χ1v) is 6.74. The molecule has 1 aliphatic rings. The summed E-state index contributed by atoms with van der Waals surface area (Å²) in [5, 5.41) is 18.1. The number of hydrogen-bond donors (Lipinski definition) is 2. The van der Waals surface area contributed by atoms with E-state index in [0.717, 1.165) is 43.9 Å². The summed E-state index contributed by atoms with van der Waals surface area (Å²) in [4.78, 5) is 17.8. The van der Waals surface area contributed by atoms with Crippen LogP contribution in [0.3, 0.4) is 0 Å². The molecule has 1 atom stereocenters. The van der Waals surface area contributed by atoms with Crippen LogP contribution in [0.25, 0.3) is 0 Å². The number of hydrogen-bond acceptors (Lipinski definition) is 4. The minimum atomic E-state index is -0.913. The van der Waals surface area contributed by atoms with Gasteiger partial charge in [-0.25, -0.2) is 9.78 Å². The first-order valence-electron chi connectivity index (χ1n) is 6.74. The number of aryl methyl sites for hydroxylation is 1. The highest BCUT2D eigenvalue weighted by Crippen LogP contribution is 2.25. The summed E-state index contributed by atoms with van der Waals surface area (Å²) in [6.45, 7) is 3.90. The minimum Gasteiger partial charge on any atom is -0.478 e. The first kappa shape index (κ1) is 13.8. The molecule has 104 valence electrons. The number of carboxylic acid groups (broad SMARTS) is 1. The van der Waals surface area contributed by atoms with Gasteiger partial charge in [-0.2, -0.15) is 0 Å². The van der Waals surface area contributed by atoms with E-state index in [1.165, 1.54) is 0 Å². The van der Waals surface area contributed by atoms with Gasteiger partial charge in [0, 0.05) is 25.4 Å². The maximum absolute atomic E-state index is 11.1. The Bertz CT molecular complexity index is 462. The molecule has 1 aromatic heterocycles. The Labute approximate surface area is 112 Å². The molecule has 1 aromatic rings. The highest BCUT2D eigenvalue weighted by Gasteiger charge is 2.24. The van der Waals surface area contributed by atoms with Crippen LogP contribution in [0, 0.1) is 5.92 Å². The van der Waals surface area contributed by atoms with Gasteiger partial charge in [-0.05, 0) is 37.3 Å². The van der Waals surface area contributed by atoms with Crippen LogP contribution in [-0.2, 0) is 6.42 Å². The Morgan fingerprint density at radius 1 is 1.53 bits per heavy atom. The van der Waals surface area contributed by atoms with Gasteiger partial charge in [-0.1, -0.05) is 6.92 Å². The maximum atomic E-state index is 11.1. The molecule has 0 amide bonds. The van der Waals surface area contributed by atoms with E-state index in [4.69, 9.17) is 10.2 Å². The molecule has 1 saturated heterocycles. The minimum absolute atomic E-state index is 0.210. The summed E-state index contributed by atoms with van der Waals surface area (Å²) in [7, 11) is 0. The number of carboxylic acids is 1. The smallest absolute Gasteiger partial charge is 0.335 e. The Hall–Kier alpha value is -1.62. The van der Waals surface area contributed by atoms with Gasteiger partial charge >= 0.3 is 5.97 Å². The van der Waals surface area contributed by atoms with Gasteiger partial charge in [0.05, 0.1) is 5.56 Å². The Morgan fingerprint density at radius 3 is 2.95 bits per heavy atom. The second-order valence-corrected chi connectivity index (χ2v) is 4.98. The molecule has 2 heterocycles. The molecular formula is C14H20N2O3. The fourth-order valence-corrected chi connectivity index (χ4v) is 2.50. The number of aromatic nitrogens is 1. The zero-order chi connectivity index (χ0) is 13.8. The summed E-state index contributed by atoms with van der Waals surface area (Å²) >= 11 is 0. The predicted molar refractivity (Wildman–Crippen MR) is 72.6 cm³/mol. The third-order valence-electron chi connectivity index (χ3n) is 3.62. The second kappa shape index (κ2) is 6.02. The highest BCUT2D eigenvalue weighted by atomic mass is 16.4. The quantitative estimate of drug-likeness (QED) is 0.844. The fraction of sp³-hybridized carbons (Fsp3) is 0.571. The normalized spacial score (nSPS) is 18.8. The molecule has 1 fully saturated rings. The Balaban J connectivity index is 2.20. The number of nitrogens with zero attached hydrogens (tertiary/aromatic N) is 2. The first-order chi connectivity index (χ1) is 9.13. The van der Waals surface area contributed by atoms with Gasteiger partial charge in [0.2, 0.25) is 0 Å². The number of aromatic carboxylic acids is 1. The molecule has 19 heavy (non-hydrogen) atoms. The zero-order valence-corrected chi connectivity index (χ0v) is 11.2. The second-order valence-electron chi connectivity index (χ2n) is 4.98. The lowest BCUT2D eigenvalue weighted by molar-refractivity contribution is 0.0696. The number of anilines is 1. The molecule has 0 aliphatic carbocycles. The fourth-order valence-electron chi connectivity index (χ4n) is 2.50. The van der Waals surface area contributed by atoms with E-state index in [2.05, 4.69) is 9.88 Å². The lowest BCUT2D eigenvalue weighted by atomic mass is 10.1. The summed E-state index contributed by atoms with van der Waals surface area (Å²) in [5.41, 5.74) is 1.10. The number of pyridine rings is 1. The van der Waals surface area contributed by atoms with Gasteiger partial charge in [-0.3, -0.25) is 0 Å². The van der Waals surface area contributed by atoms with Crippen LogP contribution in [0.15, 0.2) is 12.1 Å². The van der Waals surface area contributed by atoms with Crippen molar-refractivity contribution in [2.45, 2.75) is 26.2 Å². The predicted octanol–water partition coefficient (Wildman–Crippen LogP) is 1.55. The largest absolute Gasteiger partial charge is 0.478 e. The average molecular weight is 264 g/mol. The van der Waals surface area contributed by atoms with Gasteiger partial charge in [-0.15, -0.1) is 0 Å². The van der Waals surface area contributed by atoms with Gasteiger partial charge < -0.3 is 15.1 Å². The van der Waals surface area contributed by atoms with Crippen molar-refractivity contribution >= 4 is 11.8 Å². The Morgan fingerprint density at radius 2 is 2.32 bits per heavy atom. The van der Waals surface area contributed by atoms with Crippen molar-refractivity contribution in [2.75, 3.05) is 24.6 Å². The lowest BCUT2D eigenvalue weighted by Crippen LogP contribution is -2.22. The topological polar surface area (TPSA) is 73.7 Å². The van der Waals surface area contributed by atoms with Crippen molar-refractivity contribution in [1.29, 1.82) is 0 Å². The molecule has 5 heteroatoms. The highest BCUT2D eigenvalue weighted by molar-refractivity contribution is 5.88. The number of aliphatic hydroxyl groups is 1. The van der Waals surface area contributed by atoms with E-state index in [1.54, 1.807) is 12.1 Å². The molecule has 1 aliphatic heterocycles. The summed E-state index contributed by atoms with van der Waals surface area (Å²) < 4.78 is 0. The molecule has 5 nitrogen and oxygen atoms in total. The van der Waals surface area contributed by atoms with Crippen LogP contribution in [0.2, 0.25) is 0 Å². The third kappa shape index (κ3) is 3.23. The zero-order valence-electron chi connectivity index (χ0n) is 11.2. The van der Waals surface area contributed by atoms with Crippen LogP contribution < -0.4 is 4.90 Å². The van der Waals surface area contributed by atoms with E-state index in [0.29, 0.717) is 11.5 Å². The van der Waals surface area contributed by atoms with Crippen molar-refractivity contribution in [3.8, 4) is 0 Å². The average Bonchev–Trinajstić information content (AvgIpc) is 2.87. The summed E-state index contributed by atoms with van der Waals surface area (Å²) in [6.07, 6.45) is 2.55. The van der Waals surface area contributed by atoms with Gasteiger partial charge in [0.1, 0.15) is 5.82 Å². The lowest BCUT2D eigenvalue weighted by Gasteiger charge is -2.18. The summed E-state index contributed by atoms with van der Waals surface area (Å²) in [5.74, 6) is 0.312. The van der Waals surface area contributed by atoms with Gasteiger partial charge in [0.25, 0.3) is 0 Å². The molecule has 0 bridgehead atoms. The van der Waals surface area contributed by atoms with Crippen LogP contribution in [-0.4, -0.2) is 40.9 Å². The van der Waals surface area contributed by atoms with Gasteiger partial charge in [0.15, 0.2) is 0 Å². The van der Waals surface area contributed by atoms with E-state index in [1.807, 2.05) is 6.92 Å². The van der Waals surface area contributed by atoms with Crippen molar-refractivity contribution in [3.63, 3.8) is 0 Å². The molecule has 0 spiro atoms. The standard InChI is InChI=1S/C14H20N2O3/c1-2-12-7-11(14(18)19)8-13(15-12)16-5-3-10(9-16)4-6-17/h7-8,10,17H,2-6,9H2,1H3,(H,18,19). The Kier molecular flexibility index (Phi) is 4.37. The van der Waals surface area contributed by atoms with E-state index >= 15 is 0 Å². The van der Waals surface area contributed by atoms with Crippen LogP contribution >= 0.6 is 0 Å². The molecule has 0 radical (unpaired) electrons. The summed E-state index contributed by atoms with van der Waals surface area (Å²) in [6, 6.07) is 3.27. The monoisotopic (exact) mass is 264 g/mol. The molecule has 0 saturated carbocycles. The van der Waals surface area contributed by atoms with Crippen LogP contribution in [0.1, 0.15) is 35.8 Å². The van der Waals surface area contributed by atoms with E-state index in [-0.39, 0.29) is 6.61 Å². The van der Waals surface area contributed by atoms with Crippen molar-refractivity contribution < 1.29 is 15.0 Å². The van der Waals surface area contributed by atoms with E-state index in [9.17, 15) is 4.79 Å². The maximum Gasteiger partial charge on any atom is 0.335 e. The van der Waals surface area contributed by atoms with Crippen molar-refractivity contribution in [3.05, 3.63) is 23.4 Å². The van der Waals surface area contributed by atoms with Crippen molar-refractivity contribution in [1.82, 2.24) is 4.98 Å². The van der Waals surface area contributed by atoms with E-state index < -0.39 is 5.97 Å². The molecule has 2 N–H and O–H groups in total. The van der Waals surface area contributed by atoms with Crippen LogP contribution in [0.5, 0.6) is 0 Å². The molecule has 1 unspecified atom stereocenters. The third-order valence-corrected chi connectivity index (χ3v) is 3.62. The number of carbonyl (C=O) groups is 1. The van der Waals surface area contributed by atoms with Crippen LogP contribution in [0.4, 0.5) is 5.82 Å². The number of rotatable bonds is 5. The number of aliphatic hydroxyl groups excluding tert-OH is 1. The molecule has 0 aromatic carbocycles. The molecular weight excluding hydrogens is 244 g/mol. The molecule has 2 rings (SSSR count).